The van der Waals surface area contributed by atoms with Crippen molar-refractivity contribution in [3.8, 4) is 0 Å². The predicted molar refractivity (Wildman–Crippen MR) is 107 cm³/mol. The molecule has 28 heavy (non-hydrogen) atoms. The number of piperidine rings is 1. The van der Waals surface area contributed by atoms with Crippen LogP contribution in [0.4, 0.5) is 0 Å². The summed E-state index contributed by atoms with van der Waals surface area (Å²) in [5.74, 6) is -0.444. The molecule has 0 N–H and O–H groups in total. The molecule has 0 bridgehead atoms. The van der Waals surface area contributed by atoms with Gasteiger partial charge in [-0.15, -0.1) is 0 Å². The first-order valence-electron chi connectivity index (χ1n) is 9.54. The maximum atomic E-state index is 13.2. The van der Waals surface area contributed by atoms with Gasteiger partial charge in [0.05, 0.1) is 22.8 Å². The van der Waals surface area contributed by atoms with E-state index in [0.29, 0.717) is 34.8 Å². The van der Waals surface area contributed by atoms with Crippen molar-refractivity contribution >= 4 is 28.6 Å². The van der Waals surface area contributed by atoms with Gasteiger partial charge in [-0.2, -0.15) is 5.10 Å². The minimum absolute atomic E-state index is 0.0294. The van der Waals surface area contributed by atoms with E-state index in [1.807, 2.05) is 30.4 Å². The van der Waals surface area contributed by atoms with Crippen molar-refractivity contribution in [1.82, 2.24) is 19.2 Å². The predicted octanol–water partition coefficient (Wildman–Crippen LogP) is 3.56. The van der Waals surface area contributed by atoms with Gasteiger partial charge >= 0.3 is 5.76 Å². The number of nitrogens with zero attached hydrogens (tertiary/aromatic N) is 4. The molecule has 4 rings (SSSR count). The van der Waals surface area contributed by atoms with E-state index in [0.717, 1.165) is 30.8 Å². The molecule has 1 fully saturated rings. The number of oxazole rings is 1. The Bertz CT molecular complexity index is 1110. The zero-order chi connectivity index (χ0) is 20.0. The summed E-state index contributed by atoms with van der Waals surface area (Å²) in [5.41, 5.74) is 3.46. The van der Waals surface area contributed by atoms with Crippen LogP contribution in [0, 0.1) is 13.8 Å². The fourth-order valence-corrected chi connectivity index (χ4v) is 4.34. The fraction of sp³-hybridized carbons (Fsp3) is 0.450. The minimum Gasteiger partial charge on any atom is -0.408 e. The molecule has 0 saturated carbocycles. The third-order valence-electron chi connectivity index (χ3n) is 5.52. The molecule has 8 heteroatoms. The zero-order valence-electron chi connectivity index (χ0n) is 16.2. The Morgan fingerprint density at radius 3 is 2.86 bits per heavy atom. The smallest absolute Gasteiger partial charge is 0.408 e. The SMILES string of the molecule is CCn1nc(C)c(C(=O)N2CCCC(n3c(=O)oc4ccc(Cl)cc43)C2)c1C. The van der Waals surface area contributed by atoms with E-state index in [4.69, 9.17) is 16.0 Å². The first-order chi connectivity index (χ1) is 13.4. The van der Waals surface area contributed by atoms with Crippen molar-refractivity contribution in [1.29, 1.82) is 0 Å². The molecule has 1 aromatic carbocycles. The fourth-order valence-electron chi connectivity index (χ4n) is 4.17. The van der Waals surface area contributed by atoms with E-state index < -0.39 is 5.76 Å². The quantitative estimate of drug-likeness (QED) is 0.671. The van der Waals surface area contributed by atoms with Crippen LogP contribution < -0.4 is 5.76 Å². The van der Waals surface area contributed by atoms with Gasteiger partial charge in [0.25, 0.3) is 5.91 Å². The van der Waals surface area contributed by atoms with Crippen molar-refractivity contribution in [3.05, 3.63) is 50.7 Å². The molecule has 1 unspecified atom stereocenters. The highest BCUT2D eigenvalue weighted by Gasteiger charge is 2.30. The molecule has 1 amide bonds. The lowest BCUT2D eigenvalue weighted by molar-refractivity contribution is 0.0676. The number of hydrogen-bond donors (Lipinski definition) is 0. The van der Waals surface area contributed by atoms with E-state index in [-0.39, 0.29) is 11.9 Å². The van der Waals surface area contributed by atoms with Crippen LogP contribution in [0.15, 0.2) is 27.4 Å². The van der Waals surface area contributed by atoms with E-state index in [2.05, 4.69) is 5.10 Å². The second-order valence-electron chi connectivity index (χ2n) is 7.26. The average molecular weight is 403 g/mol. The van der Waals surface area contributed by atoms with Crippen molar-refractivity contribution < 1.29 is 9.21 Å². The normalized spacial score (nSPS) is 17.4. The van der Waals surface area contributed by atoms with Gasteiger partial charge < -0.3 is 9.32 Å². The first-order valence-corrected chi connectivity index (χ1v) is 9.92. The molecule has 0 aliphatic carbocycles. The summed E-state index contributed by atoms with van der Waals surface area (Å²) in [6, 6.07) is 4.99. The van der Waals surface area contributed by atoms with Crippen LogP contribution in [0.2, 0.25) is 5.02 Å². The van der Waals surface area contributed by atoms with E-state index in [1.54, 1.807) is 22.8 Å². The van der Waals surface area contributed by atoms with Crippen LogP contribution in [0.3, 0.4) is 0 Å². The summed E-state index contributed by atoms with van der Waals surface area (Å²) < 4.78 is 8.86. The molecule has 3 aromatic rings. The molecule has 1 aliphatic heterocycles. The molecule has 7 nitrogen and oxygen atoms in total. The summed E-state index contributed by atoms with van der Waals surface area (Å²) in [6.45, 7) is 7.64. The van der Waals surface area contributed by atoms with Gasteiger partial charge in [0.1, 0.15) is 0 Å². The van der Waals surface area contributed by atoms with Gasteiger partial charge in [0.15, 0.2) is 5.58 Å². The standard InChI is InChI=1S/C20H23ClN4O3/c1-4-24-13(3)18(12(2)22-24)19(26)23-9-5-6-15(11-23)25-16-10-14(21)7-8-17(16)28-20(25)27/h7-8,10,15H,4-6,9,11H2,1-3H3. The number of amides is 1. The van der Waals surface area contributed by atoms with Crippen LogP contribution in [0.1, 0.15) is 47.6 Å². The highest BCUT2D eigenvalue weighted by atomic mass is 35.5. The summed E-state index contributed by atoms with van der Waals surface area (Å²) >= 11 is 6.12. The van der Waals surface area contributed by atoms with Crippen LogP contribution in [0.25, 0.3) is 11.1 Å². The number of benzene rings is 1. The van der Waals surface area contributed by atoms with Crippen LogP contribution in [-0.2, 0) is 6.54 Å². The summed E-state index contributed by atoms with van der Waals surface area (Å²) in [4.78, 5) is 27.5. The summed E-state index contributed by atoms with van der Waals surface area (Å²) in [5, 5.41) is 5.01. The third kappa shape index (κ3) is 3.03. The Kier molecular flexibility index (Phi) is 4.79. The van der Waals surface area contributed by atoms with E-state index in [1.165, 1.54) is 0 Å². The molecule has 1 saturated heterocycles. The highest BCUT2D eigenvalue weighted by molar-refractivity contribution is 6.31. The number of halogens is 1. The lowest BCUT2D eigenvalue weighted by Crippen LogP contribution is -2.42. The van der Waals surface area contributed by atoms with E-state index in [9.17, 15) is 9.59 Å². The monoisotopic (exact) mass is 402 g/mol. The molecular weight excluding hydrogens is 380 g/mol. The van der Waals surface area contributed by atoms with Crippen LogP contribution in [0.5, 0.6) is 0 Å². The van der Waals surface area contributed by atoms with E-state index >= 15 is 0 Å². The minimum atomic E-state index is -0.414. The lowest BCUT2D eigenvalue weighted by atomic mass is 10.0. The van der Waals surface area contributed by atoms with Gasteiger partial charge in [0.2, 0.25) is 0 Å². The number of carbonyl (C=O) groups excluding carboxylic acids is 1. The molecule has 148 valence electrons. The van der Waals surface area contributed by atoms with Gasteiger partial charge in [-0.25, -0.2) is 4.79 Å². The highest BCUT2D eigenvalue weighted by Crippen LogP contribution is 2.28. The third-order valence-corrected chi connectivity index (χ3v) is 5.75. The molecule has 3 heterocycles. The van der Waals surface area contributed by atoms with Crippen molar-refractivity contribution in [2.24, 2.45) is 0 Å². The number of rotatable bonds is 3. The Morgan fingerprint density at radius 2 is 2.14 bits per heavy atom. The van der Waals surface area contributed by atoms with Gasteiger partial charge in [-0.1, -0.05) is 11.6 Å². The summed E-state index contributed by atoms with van der Waals surface area (Å²) in [7, 11) is 0. The first kappa shape index (κ1) is 18.8. The maximum Gasteiger partial charge on any atom is 0.420 e. The molecular formula is C20H23ClN4O3. The summed E-state index contributed by atoms with van der Waals surface area (Å²) in [6.07, 6.45) is 1.62. The molecule has 2 aromatic heterocycles. The van der Waals surface area contributed by atoms with Crippen molar-refractivity contribution in [3.63, 3.8) is 0 Å². The van der Waals surface area contributed by atoms with Crippen LogP contribution >= 0.6 is 11.6 Å². The zero-order valence-corrected chi connectivity index (χ0v) is 17.0. The molecule has 0 radical (unpaired) electrons. The topological polar surface area (TPSA) is 73.3 Å². The number of aryl methyl sites for hydroxylation is 2. The Morgan fingerprint density at radius 1 is 1.36 bits per heavy atom. The Balaban J connectivity index is 1.67. The van der Waals surface area contributed by atoms with Gasteiger partial charge in [0, 0.05) is 30.4 Å². The van der Waals surface area contributed by atoms with Crippen molar-refractivity contribution in [2.45, 2.75) is 46.2 Å². The number of aromatic nitrogens is 3. The van der Waals surface area contributed by atoms with Gasteiger partial charge in [-0.05, 0) is 51.8 Å². The number of likely N-dealkylation sites (tertiary alicyclic amines) is 1. The Hall–Kier alpha value is -2.54. The second-order valence-corrected chi connectivity index (χ2v) is 7.70. The molecule has 0 spiro atoms. The Labute approximate surface area is 167 Å². The molecule has 1 aliphatic rings. The number of carbonyl (C=O) groups is 1. The second kappa shape index (κ2) is 7.13. The van der Waals surface area contributed by atoms with Gasteiger partial charge in [-0.3, -0.25) is 14.0 Å². The maximum absolute atomic E-state index is 13.2. The van der Waals surface area contributed by atoms with Crippen LogP contribution in [-0.4, -0.2) is 38.2 Å². The average Bonchev–Trinajstić information content (AvgIpc) is 3.15. The van der Waals surface area contributed by atoms with Crippen molar-refractivity contribution in [2.75, 3.05) is 13.1 Å². The molecule has 1 atom stereocenters. The number of fused-ring (bicyclic) bond motifs is 1. The largest absolute Gasteiger partial charge is 0.420 e. The number of hydrogen-bond acceptors (Lipinski definition) is 4. The lowest BCUT2D eigenvalue weighted by Gasteiger charge is -2.33.